The predicted molar refractivity (Wildman–Crippen MR) is 96.8 cm³/mol. The van der Waals surface area contributed by atoms with Crippen molar-refractivity contribution in [1.29, 1.82) is 0 Å². The van der Waals surface area contributed by atoms with Crippen molar-refractivity contribution in [1.82, 2.24) is 0 Å². The molecule has 2 rings (SSSR count). The smallest absolute Gasteiger partial charge is 0.303 e. The van der Waals surface area contributed by atoms with Gasteiger partial charge >= 0.3 is 5.97 Å². The first-order chi connectivity index (χ1) is 11.6. The fourth-order valence-electron chi connectivity index (χ4n) is 3.83. The SMILES string of the molecule is CCCCCC(=O)/C=C/C1=CC[C@@H]2C/C(=C\CCCC(=O)O)C[C@H]12. The summed E-state index contributed by atoms with van der Waals surface area (Å²) in [5, 5.41) is 8.68. The molecule has 2 aliphatic rings. The van der Waals surface area contributed by atoms with Crippen LogP contribution in [0.15, 0.2) is 35.5 Å². The van der Waals surface area contributed by atoms with Gasteiger partial charge in [-0.1, -0.05) is 43.6 Å². The Morgan fingerprint density at radius 2 is 2.04 bits per heavy atom. The summed E-state index contributed by atoms with van der Waals surface area (Å²) in [7, 11) is 0. The molecule has 0 aromatic heterocycles. The molecule has 1 saturated carbocycles. The van der Waals surface area contributed by atoms with Gasteiger partial charge in [-0.2, -0.15) is 0 Å². The number of aliphatic carboxylic acids is 1. The third-order valence-corrected chi connectivity index (χ3v) is 5.18. The Morgan fingerprint density at radius 3 is 2.79 bits per heavy atom. The third-order valence-electron chi connectivity index (χ3n) is 5.18. The molecular formula is C21H30O3. The molecule has 0 aromatic rings. The first-order valence-electron chi connectivity index (χ1n) is 9.40. The minimum Gasteiger partial charge on any atom is -0.481 e. The van der Waals surface area contributed by atoms with E-state index >= 15 is 0 Å². The first-order valence-corrected chi connectivity index (χ1v) is 9.40. The molecule has 2 aliphatic carbocycles. The molecule has 1 fully saturated rings. The van der Waals surface area contributed by atoms with Crippen LogP contribution in [-0.2, 0) is 9.59 Å². The summed E-state index contributed by atoms with van der Waals surface area (Å²) in [6.45, 7) is 2.15. The lowest BCUT2D eigenvalue weighted by atomic mass is 9.94. The maximum atomic E-state index is 11.9. The van der Waals surface area contributed by atoms with E-state index in [0.717, 1.165) is 51.4 Å². The van der Waals surface area contributed by atoms with Crippen molar-refractivity contribution in [2.45, 2.75) is 71.1 Å². The summed E-state index contributed by atoms with van der Waals surface area (Å²) in [6.07, 6.45) is 17.5. The average Bonchev–Trinajstić information content (AvgIpc) is 3.10. The number of ketones is 1. The highest BCUT2D eigenvalue weighted by Gasteiger charge is 2.34. The van der Waals surface area contributed by atoms with E-state index < -0.39 is 5.97 Å². The number of unbranched alkanes of at least 4 members (excludes halogenated alkanes) is 3. The molecular weight excluding hydrogens is 300 g/mol. The van der Waals surface area contributed by atoms with Crippen LogP contribution in [0, 0.1) is 11.8 Å². The van der Waals surface area contributed by atoms with Gasteiger partial charge < -0.3 is 5.11 Å². The second kappa shape index (κ2) is 9.61. The van der Waals surface area contributed by atoms with E-state index in [1.807, 2.05) is 6.08 Å². The van der Waals surface area contributed by atoms with Gasteiger partial charge in [-0.05, 0) is 62.0 Å². The molecule has 0 aliphatic heterocycles. The van der Waals surface area contributed by atoms with Crippen LogP contribution >= 0.6 is 0 Å². The summed E-state index contributed by atoms with van der Waals surface area (Å²) in [5.41, 5.74) is 2.81. The van der Waals surface area contributed by atoms with Crippen LogP contribution < -0.4 is 0 Å². The second-order valence-corrected chi connectivity index (χ2v) is 7.12. The molecule has 2 atom stereocenters. The van der Waals surface area contributed by atoms with E-state index in [0.29, 0.717) is 18.3 Å². The molecule has 3 nitrogen and oxygen atoms in total. The number of hydrogen-bond donors (Lipinski definition) is 1. The van der Waals surface area contributed by atoms with Crippen molar-refractivity contribution in [3.63, 3.8) is 0 Å². The Bertz CT molecular complexity index is 539. The molecule has 0 unspecified atom stereocenters. The van der Waals surface area contributed by atoms with E-state index in [1.54, 1.807) is 6.08 Å². The molecule has 0 aromatic carbocycles. The van der Waals surface area contributed by atoms with Crippen molar-refractivity contribution in [3.05, 3.63) is 35.5 Å². The van der Waals surface area contributed by atoms with Gasteiger partial charge in [-0.25, -0.2) is 0 Å². The number of carboxylic acid groups (broad SMARTS) is 1. The summed E-state index contributed by atoms with van der Waals surface area (Å²) >= 11 is 0. The monoisotopic (exact) mass is 330 g/mol. The summed E-state index contributed by atoms with van der Waals surface area (Å²) in [6, 6.07) is 0. The maximum Gasteiger partial charge on any atom is 0.303 e. The van der Waals surface area contributed by atoms with Crippen LogP contribution in [0.25, 0.3) is 0 Å². The largest absolute Gasteiger partial charge is 0.481 e. The predicted octanol–water partition coefficient (Wildman–Crippen LogP) is 5.23. The minimum atomic E-state index is -0.712. The molecule has 24 heavy (non-hydrogen) atoms. The van der Waals surface area contributed by atoms with Gasteiger partial charge in [0.25, 0.3) is 0 Å². The Morgan fingerprint density at radius 1 is 1.21 bits per heavy atom. The van der Waals surface area contributed by atoms with Gasteiger partial charge in [0, 0.05) is 12.8 Å². The third kappa shape index (κ3) is 5.77. The van der Waals surface area contributed by atoms with Crippen molar-refractivity contribution >= 4 is 11.8 Å². The second-order valence-electron chi connectivity index (χ2n) is 7.12. The zero-order chi connectivity index (χ0) is 17.4. The number of hydrogen-bond acceptors (Lipinski definition) is 2. The lowest BCUT2D eigenvalue weighted by Crippen LogP contribution is -2.02. The first kappa shape index (κ1) is 18.7. The van der Waals surface area contributed by atoms with Gasteiger partial charge in [0.1, 0.15) is 0 Å². The fraction of sp³-hybridized carbons (Fsp3) is 0.619. The van der Waals surface area contributed by atoms with Gasteiger partial charge in [0.15, 0.2) is 5.78 Å². The van der Waals surface area contributed by atoms with E-state index in [9.17, 15) is 9.59 Å². The van der Waals surface area contributed by atoms with Crippen LogP contribution in [0.2, 0.25) is 0 Å². The molecule has 0 heterocycles. The average molecular weight is 330 g/mol. The number of carboxylic acids is 1. The maximum absolute atomic E-state index is 11.9. The highest BCUT2D eigenvalue weighted by molar-refractivity contribution is 5.90. The standard InChI is InChI=1S/C21H30O3/c1-2-3-4-8-19(22)13-12-17-10-11-18-14-16(15-20(17)18)7-5-6-9-21(23)24/h7,10,12-13,18,20H,2-6,8-9,11,14-15H2,1H3,(H,23,24)/b13-12+,16-7+/t18-,20-/m1/s1. The van der Waals surface area contributed by atoms with E-state index in [2.05, 4.69) is 19.1 Å². The quantitative estimate of drug-likeness (QED) is 0.339. The lowest BCUT2D eigenvalue weighted by molar-refractivity contribution is -0.137. The van der Waals surface area contributed by atoms with Crippen LogP contribution in [0.5, 0.6) is 0 Å². The highest BCUT2D eigenvalue weighted by atomic mass is 16.4. The summed E-state index contributed by atoms with van der Waals surface area (Å²) in [5.74, 6) is 0.784. The van der Waals surface area contributed by atoms with E-state index in [1.165, 1.54) is 11.1 Å². The van der Waals surface area contributed by atoms with Gasteiger partial charge in [0.05, 0.1) is 0 Å². The molecule has 0 bridgehead atoms. The van der Waals surface area contributed by atoms with Crippen LogP contribution in [0.4, 0.5) is 0 Å². The molecule has 1 N–H and O–H groups in total. The zero-order valence-electron chi connectivity index (χ0n) is 14.8. The van der Waals surface area contributed by atoms with Crippen molar-refractivity contribution < 1.29 is 14.7 Å². The molecule has 0 saturated heterocycles. The highest BCUT2D eigenvalue weighted by Crippen LogP contribution is 2.47. The Kier molecular flexibility index (Phi) is 7.48. The summed E-state index contributed by atoms with van der Waals surface area (Å²) in [4.78, 5) is 22.4. The number of fused-ring (bicyclic) bond motifs is 1. The minimum absolute atomic E-state index is 0.246. The zero-order valence-corrected chi connectivity index (χ0v) is 14.8. The molecule has 132 valence electrons. The Hall–Kier alpha value is -1.64. The number of rotatable bonds is 10. The Labute approximate surface area is 145 Å². The number of allylic oxidation sites excluding steroid dienone is 6. The van der Waals surface area contributed by atoms with Gasteiger partial charge in [-0.15, -0.1) is 0 Å². The number of carbonyl (C=O) groups excluding carboxylic acids is 1. The van der Waals surface area contributed by atoms with Crippen LogP contribution in [0.3, 0.4) is 0 Å². The van der Waals surface area contributed by atoms with E-state index in [-0.39, 0.29) is 12.2 Å². The molecule has 0 amide bonds. The molecule has 3 heteroatoms. The molecule has 0 spiro atoms. The normalized spacial score (nSPS) is 24.5. The van der Waals surface area contributed by atoms with E-state index in [4.69, 9.17) is 5.11 Å². The van der Waals surface area contributed by atoms with Crippen molar-refractivity contribution in [2.24, 2.45) is 11.8 Å². The van der Waals surface area contributed by atoms with Gasteiger partial charge in [-0.3, -0.25) is 9.59 Å². The van der Waals surface area contributed by atoms with Crippen LogP contribution in [0.1, 0.15) is 71.1 Å². The Balaban J connectivity index is 1.78. The molecule has 0 radical (unpaired) electrons. The van der Waals surface area contributed by atoms with Gasteiger partial charge in [0.2, 0.25) is 0 Å². The van der Waals surface area contributed by atoms with Crippen LogP contribution in [-0.4, -0.2) is 16.9 Å². The fourth-order valence-corrected chi connectivity index (χ4v) is 3.83. The summed E-state index contributed by atoms with van der Waals surface area (Å²) < 4.78 is 0. The lowest BCUT2D eigenvalue weighted by Gasteiger charge is -2.10. The topological polar surface area (TPSA) is 54.4 Å². The van der Waals surface area contributed by atoms with Crippen molar-refractivity contribution in [3.8, 4) is 0 Å². The van der Waals surface area contributed by atoms with Crippen molar-refractivity contribution in [2.75, 3.05) is 0 Å². The number of carbonyl (C=O) groups is 2.